The van der Waals surface area contributed by atoms with Gasteiger partial charge in [-0.1, -0.05) is 6.92 Å². The third kappa shape index (κ3) is 2.97. The van der Waals surface area contributed by atoms with E-state index < -0.39 is 17.6 Å². The molecule has 22 heavy (non-hydrogen) atoms. The first-order valence-corrected chi connectivity index (χ1v) is 7.58. The van der Waals surface area contributed by atoms with E-state index in [0.717, 1.165) is 25.9 Å². The zero-order valence-corrected chi connectivity index (χ0v) is 12.5. The van der Waals surface area contributed by atoms with Gasteiger partial charge in [-0.15, -0.1) is 0 Å². The molecule has 0 saturated carbocycles. The van der Waals surface area contributed by atoms with Crippen LogP contribution >= 0.6 is 0 Å². The predicted molar refractivity (Wildman–Crippen MR) is 76.3 cm³/mol. The van der Waals surface area contributed by atoms with Gasteiger partial charge in [-0.3, -0.25) is 9.69 Å². The summed E-state index contributed by atoms with van der Waals surface area (Å²) in [4.78, 5) is 13.9. The Morgan fingerprint density at radius 3 is 2.82 bits per heavy atom. The lowest BCUT2D eigenvalue weighted by Crippen LogP contribution is -2.33. The Morgan fingerprint density at radius 1 is 1.36 bits per heavy atom. The number of benzene rings is 1. The van der Waals surface area contributed by atoms with Crippen LogP contribution in [-0.4, -0.2) is 23.9 Å². The quantitative estimate of drug-likeness (QED) is 0.909. The summed E-state index contributed by atoms with van der Waals surface area (Å²) in [7, 11) is 0. The standard InChI is InChI=1S/C16H19F3N2O/c1-10-3-2-4-21(8-10)9-11-5-12-13(7-20-15(12)22)14(6-11)16(17,18)19/h5-6,10H,2-4,7-9H2,1H3,(H,20,22)/t10-/m0/s1. The summed E-state index contributed by atoms with van der Waals surface area (Å²) >= 11 is 0. The van der Waals surface area contributed by atoms with Crippen LogP contribution in [0, 0.1) is 5.92 Å². The van der Waals surface area contributed by atoms with Gasteiger partial charge in [0.15, 0.2) is 0 Å². The van der Waals surface area contributed by atoms with E-state index in [-0.39, 0.29) is 17.7 Å². The molecule has 1 fully saturated rings. The molecule has 0 aromatic heterocycles. The number of alkyl halides is 3. The number of amides is 1. The van der Waals surface area contributed by atoms with Gasteiger partial charge in [0.25, 0.3) is 5.91 Å². The molecule has 3 rings (SSSR count). The zero-order chi connectivity index (χ0) is 15.9. The van der Waals surface area contributed by atoms with Crippen molar-refractivity contribution < 1.29 is 18.0 Å². The second kappa shape index (κ2) is 5.57. The van der Waals surface area contributed by atoms with Crippen molar-refractivity contribution >= 4 is 5.91 Å². The summed E-state index contributed by atoms with van der Waals surface area (Å²) < 4.78 is 39.7. The molecule has 0 aliphatic carbocycles. The summed E-state index contributed by atoms with van der Waals surface area (Å²) in [6, 6.07) is 2.82. The van der Waals surface area contributed by atoms with Crippen molar-refractivity contribution in [1.82, 2.24) is 10.2 Å². The maximum Gasteiger partial charge on any atom is 0.416 e. The molecule has 3 nitrogen and oxygen atoms in total. The van der Waals surface area contributed by atoms with E-state index in [1.54, 1.807) is 6.07 Å². The minimum Gasteiger partial charge on any atom is -0.348 e. The van der Waals surface area contributed by atoms with Gasteiger partial charge in [0, 0.05) is 25.2 Å². The number of hydrogen-bond acceptors (Lipinski definition) is 2. The molecule has 1 atom stereocenters. The number of likely N-dealkylation sites (tertiary alicyclic amines) is 1. The molecular weight excluding hydrogens is 293 g/mol. The van der Waals surface area contributed by atoms with E-state index in [0.29, 0.717) is 18.0 Å². The van der Waals surface area contributed by atoms with Crippen LogP contribution in [0.2, 0.25) is 0 Å². The number of carbonyl (C=O) groups excluding carboxylic acids is 1. The Kier molecular flexibility index (Phi) is 3.89. The van der Waals surface area contributed by atoms with Gasteiger partial charge in [-0.05, 0) is 48.6 Å². The van der Waals surface area contributed by atoms with Gasteiger partial charge in [-0.2, -0.15) is 13.2 Å². The third-order valence-corrected chi connectivity index (χ3v) is 4.43. The Hall–Kier alpha value is -1.56. The number of halogens is 3. The van der Waals surface area contributed by atoms with E-state index in [9.17, 15) is 18.0 Å². The highest BCUT2D eigenvalue weighted by atomic mass is 19.4. The van der Waals surface area contributed by atoms with Crippen LogP contribution in [0.3, 0.4) is 0 Å². The second-order valence-corrected chi connectivity index (χ2v) is 6.33. The highest BCUT2D eigenvalue weighted by Gasteiger charge is 2.37. The molecule has 1 saturated heterocycles. The number of carbonyl (C=O) groups is 1. The highest BCUT2D eigenvalue weighted by Crippen LogP contribution is 2.36. The van der Waals surface area contributed by atoms with Crippen LogP contribution in [0.1, 0.15) is 46.8 Å². The molecule has 1 N–H and O–H groups in total. The first kappa shape index (κ1) is 15.3. The molecule has 6 heteroatoms. The summed E-state index contributed by atoms with van der Waals surface area (Å²) in [6.45, 7) is 4.38. The number of nitrogens with zero attached hydrogens (tertiary/aromatic N) is 1. The molecule has 0 spiro atoms. The zero-order valence-electron chi connectivity index (χ0n) is 12.5. The first-order valence-electron chi connectivity index (χ1n) is 7.58. The Morgan fingerprint density at radius 2 is 2.14 bits per heavy atom. The molecule has 0 bridgehead atoms. The average molecular weight is 312 g/mol. The summed E-state index contributed by atoms with van der Waals surface area (Å²) in [5.74, 6) is 0.155. The van der Waals surface area contributed by atoms with Gasteiger partial charge in [-0.25, -0.2) is 0 Å². The normalized spacial score (nSPS) is 22.5. The first-order chi connectivity index (χ1) is 10.3. The minimum absolute atomic E-state index is 0.0377. The number of hydrogen-bond donors (Lipinski definition) is 1. The van der Waals surface area contributed by atoms with Crippen LogP contribution in [0.5, 0.6) is 0 Å². The minimum atomic E-state index is -4.43. The molecule has 0 unspecified atom stereocenters. The van der Waals surface area contributed by atoms with Crippen LogP contribution in [0.15, 0.2) is 12.1 Å². The molecule has 120 valence electrons. The molecule has 1 aromatic rings. The van der Waals surface area contributed by atoms with E-state index in [4.69, 9.17) is 0 Å². The summed E-state index contributed by atoms with van der Waals surface area (Å²) in [6.07, 6.45) is -2.20. The van der Waals surface area contributed by atoms with E-state index in [1.807, 2.05) is 0 Å². The lowest BCUT2D eigenvalue weighted by atomic mass is 9.96. The molecule has 2 heterocycles. The molecule has 0 radical (unpaired) electrons. The van der Waals surface area contributed by atoms with Crippen molar-refractivity contribution in [1.29, 1.82) is 0 Å². The van der Waals surface area contributed by atoms with Crippen molar-refractivity contribution in [3.63, 3.8) is 0 Å². The number of nitrogens with one attached hydrogen (secondary N) is 1. The van der Waals surface area contributed by atoms with E-state index in [2.05, 4.69) is 17.1 Å². The number of fused-ring (bicyclic) bond motifs is 1. The molecule has 1 amide bonds. The lowest BCUT2D eigenvalue weighted by Gasteiger charge is -2.31. The molecule has 2 aliphatic heterocycles. The SMILES string of the molecule is C[C@H]1CCCN(Cc2cc3c(c(C(F)(F)F)c2)CNC3=O)C1. The fourth-order valence-corrected chi connectivity index (χ4v) is 3.42. The summed E-state index contributed by atoms with van der Waals surface area (Å²) in [5, 5.41) is 2.48. The molecular formula is C16H19F3N2O. The summed E-state index contributed by atoms with van der Waals surface area (Å²) in [5.41, 5.74) is 0.142. The van der Waals surface area contributed by atoms with Crippen LogP contribution in [-0.2, 0) is 19.3 Å². The molecule has 2 aliphatic rings. The average Bonchev–Trinajstić information content (AvgIpc) is 2.79. The molecule has 1 aromatic carbocycles. The van der Waals surface area contributed by atoms with Crippen LogP contribution in [0.4, 0.5) is 13.2 Å². The monoisotopic (exact) mass is 312 g/mol. The topological polar surface area (TPSA) is 32.3 Å². The van der Waals surface area contributed by atoms with Gasteiger partial charge < -0.3 is 5.32 Å². The second-order valence-electron chi connectivity index (χ2n) is 6.33. The van der Waals surface area contributed by atoms with Crippen molar-refractivity contribution in [3.05, 3.63) is 34.4 Å². The maximum absolute atomic E-state index is 13.2. The Bertz CT molecular complexity index is 598. The predicted octanol–water partition coefficient (Wildman–Crippen LogP) is 3.18. The van der Waals surface area contributed by atoms with Crippen molar-refractivity contribution in [2.45, 2.75) is 39.0 Å². The lowest BCUT2D eigenvalue weighted by molar-refractivity contribution is -0.138. The number of piperidine rings is 1. The van der Waals surface area contributed by atoms with Crippen LogP contribution < -0.4 is 5.32 Å². The van der Waals surface area contributed by atoms with Gasteiger partial charge in [0.1, 0.15) is 0 Å². The fourth-order valence-electron chi connectivity index (χ4n) is 3.42. The van der Waals surface area contributed by atoms with E-state index >= 15 is 0 Å². The van der Waals surface area contributed by atoms with E-state index in [1.165, 1.54) is 6.07 Å². The van der Waals surface area contributed by atoms with Crippen LogP contribution in [0.25, 0.3) is 0 Å². The largest absolute Gasteiger partial charge is 0.416 e. The smallest absolute Gasteiger partial charge is 0.348 e. The van der Waals surface area contributed by atoms with Gasteiger partial charge in [0.2, 0.25) is 0 Å². The van der Waals surface area contributed by atoms with Gasteiger partial charge >= 0.3 is 6.18 Å². The fraction of sp³-hybridized carbons (Fsp3) is 0.562. The number of rotatable bonds is 2. The van der Waals surface area contributed by atoms with Crippen molar-refractivity contribution in [2.24, 2.45) is 5.92 Å². The van der Waals surface area contributed by atoms with Crippen molar-refractivity contribution in [2.75, 3.05) is 13.1 Å². The highest BCUT2D eigenvalue weighted by molar-refractivity contribution is 5.99. The maximum atomic E-state index is 13.2. The Balaban J connectivity index is 1.92. The third-order valence-electron chi connectivity index (χ3n) is 4.43. The Labute approximate surface area is 127 Å². The van der Waals surface area contributed by atoms with Crippen molar-refractivity contribution in [3.8, 4) is 0 Å². The van der Waals surface area contributed by atoms with Gasteiger partial charge in [0.05, 0.1) is 5.56 Å².